The molecule has 3 aromatic rings. The molecule has 188 valence electrons. The van der Waals surface area contributed by atoms with Crippen molar-refractivity contribution in [2.45, 2.75) is 29.8 Å². The number of thioether (sulfide) groups is 1. The van der Waals surface area contributed by atoms with Gasteiger partial charge < -0.3 is 10.0 Å². The van der Waals surface area contributed by atoms with Crippen LogP contribution in [0.3, 0.4) is 0 Å². The van der Waals surface area contributed by atoms with E-state index in [1.807, 2.05) is 36.4 Å². The monoisotopic (exact) mass is 535 g/mol. The van der Waals surface area contributed by atoms with Crippen LogP contribution in [0.4, 0.5) is 13.2 Å². The first kappa shape index (κ1) is 24.6. The maximum atomic E-state index is 13.4. The summed E-state index contributed by atoms with van der Waals surface area (Å²) in [5.41, 5.74) is 1.52. The van der Waals surface area contributed by atoms with Gasteiger partial charge in [0.15, 0.2) is 11.4 Å². The van der Waals surface area contributed by atoms with Gasteiger partial charge in [-0.3, -0.25) is 19.3 Å². The van der Waals surface area contributed by atoms with E-state index in [4.69, 9.17) is 11.6 Å². The largest absolute Gasteiger partial charge is 0.502 e. The summed E-state index contributed by atoms with van der Waals surface area (Å²) in [4.78, 5) is 27.5. The fourth-order valence-corrected chi connectivity index (χ4v) is 5.89. The summed E-state index contributed by atoms with van der Waals surface area (Å²) in [6.07, 6.45) is -3.15. The normalized spacial score (nSPS) is 18.2. The lowest BCUT2D eigenvalue weighted by Gasteiger charge is -2.44. The van der Waals surface area contributed by atoms with Crippen molar-refractivity contribution in [2.75, 3.05) is 18.2 Å². The third kappa shape index (κ3) is 4.22. The van der Waals surface area contributed by atoms with Gasteiger partial charge in [0.2, 0.25) is 5.43 Å². The standard InChI is InChI=1S/C25H21ClF3N3O3S/c1-14(25(27,28)29)11-30-13-32(31-9-8-19(33)23(34)22(31)24(30)35)21-17-7-6-16(26)10-15(17)12-36-20-5-3-2-4-18(20)21/h2-10,14,21,34H,11-13H2,1H3/t14-,21-/m0/s1. The van der Waals surface area contributed by atoms with Crippen molar-refractivity contribution in [1.29, 1.82) is 0 Å². The summed E-state index contributed by atoms with van der Waals surface area (Å²) < 4.78 is 41.7. The number of carbonyl (C=O) groups excluding carboxylic acids is 1. The second kappa shape index (κ2) is 9.08. The molecule has 0 bridgehead atoms. The van der Waals surface area contributed by atoms with E-state index in [2.05, 4.69) is 0 Å². The Hall–Kier alpha value is -3.11. The van der Waals surface area contributed by atoms with E-state index in [0.717, 1.165) is 39.5 Å². The topological polar surface area (TPSA) is 65.8 Å². The maximum Gasteiger partial charge on any atom is 0.393 e. The summed E-state index contributed by atoms with van der Waals surface area (Å²) in [5.74, 6) is -2.84. The average molecular weight is 536 g/mol. The van der Waals surface area contributed by atoms with E-state index in [1.54, 1.807) is 22.8 Å². The van der Waals surface area contributed by atoms with E-state index in [0.29, 0.717) is 10.8 Å². The van der Waals surface area contributed by atoms with E-state index >= 15 is 0 Å². The van der Waals surface area contributed by atoms with Crippen LogP contribution in [0.1, 0.15) is 40.1 Å². The number of hydrogen-bond donors (Lipinski definition) is 1. The molecule has 1 amide bonds. The molecule has 2 aliphatic heterocycles. The van der Waals surface area contributed by atoms with Crippen molar-refractivity contribution in [3.05, 3.63) is 92.4 Å². The molecule has 3 heterocycles. The Morgan fingerprint density at radius 1 is 1.14 bits per heavy atom. The lowest BCUT2D eigenvalue weighted by atomic mass is 9.94. The molecule has 0 saturated heterocycles. The number of aromatic hydroxyl groups is 1. The van der Waals surface area contributed by atoms with Crippen LogP contribution in [-0.4, -0.2) is 40.0 Å². The molecular weight excluding hydrogens is 515 g/mol. The van der Waals surface area contributed by atoms with Crippen LogP contribution in [0, 0.1) is 5.92 Å². The minimum absolute atomic E-state index is 0.194. The van der Waals surface area contributed by atoms with Crippen LogP contribution in [0.15, 0.2) is 64.4 Å². The zero-order chi connectivity index (χ0) is 25.8. The van der Waals surface area contributed by atoms with Crippen molar-refractivity contribution in [2.24, 2.45) is 5.92 Å². The van der Waals surface area contributed by atoms with Gasteiger partial charge >= 0.3 is 6.18 Å². The van der Waals surface area contributed by atoms with Crippen LogP contribution >= 0.6 is 23.4 Å². The van der Waals surface area contributed by atoms with Crippen molar-refractivity contribution in [3.63, 3.8) is 0 Å². The van der Waals surface area contributed by atoms with Gasteiger partial charge in [-0.25, -0.2) is 0 Å². The number of halogens is 4. The Bertz CT molecular complexity index is 1410. The number of nitrogens with zero attached hydrogens (tertiary/aromatic N) is 3. The Kier molecular flexibility index (Phi) is 6.20. The number of hydrogen-bond acceptors (Lipinski definition) is 5. The van der Waals surface area contributed by atoms with Crippen LogP contribution in [0.5, 0.6) is 5.75 Å². The lowest BCUT2D eigenvalue weighted by molar-refractivity contribution is -0.172. The first-order valence-corrected chi connectivity index (χ1v) is 12.5. The molecule has 6 nitrogen and oxygen atoms in total. The lowest BCUT2D eigenvalue weighted by Crippen LogP contribution is -2.57. The molecule has 36 heavy (non-hydrogen) atoms. The van der Waals surface area contributed by atoms with E-state index in [-0.39, 0.29) is 12.4 Å². The number of alkyl halides is 3. The van der Waals surface area contributed by atoms with Crippen LogP contribution in [-0.2, 0) is 5.75 Å². The number of aromatic nitrogens is 1. The average Bonchev–Trinajstić information content (AvgIpc) is 2.99. The van der Waals surface area contributed by atoms with Crippen molar-refractivity contribution >= 4 is 29.3 Å². The van der Waals surface area contributed by atoms with E-state index < -0.39 is 41.8 Å². The molecule has 0 fully saturated rings. The fraction of sp³-hybridized carbons (Fsp3) is 0.280. The summed E-state index contributed by atoms with van der Waals surface area (Å²) in [6, 6.07) is 13.7. The molecule has 0 aliphatic carbocycles. The molecule has 0 saturated carbocycles. The summed E-state index contributed by atoms with van der Waals surface area (Å²) in [7, 11) is 0. The van der Waals surface area contributed by atoms with Crippen molar-refractivity contribution in [3.8, 4) is 5.75 Å². The Labute approximate surface area is 213 Å². The van der Waals surface area contributed by atoms with Crippen LogP contribution in [0.2, 0.25) is 5.02 Å². The Morgan fingerprint density at radius 2 is 1.89 bits per heavy atom. The molecule has 11 heteroatoms. The smallest absolute Gasteiger partial charge is 0.393 e. The first-order chi connectivity index (χ1) is 17.1. The third-order valence-electron chi connectivity index (χ3n) is 6.48. The number of pyridine rings is 1. The fourth-order valence-electron chi connectivity index (χ4n) is 4.62. The molecule has 0 unspecified atom stereocenters. The highest BCUT2D eigenvalue weighted by molar-refractivity contribution is 7.98. The van der Waals surface area contributed by atoms with Gasteiger partial charge in [-0.15, -0.1) is 11.8 Å². The van der Waals surface area contributed by atoms with E-state index in [9.17, 15) is 27.9 Å². The molecule has 0 spiro atoms. The third-order valence-corrected chi connectivity index (χ3v) is 7.86. The molecule has 2 aliphatic rings. The number of amides is 1. The molecular formula is C25H21ClF3N3O3S. The van der Waals surface area contributed by atoms with Crippen molar-refractivity contribution in [1.82, 2.24) is 9.58 Å². The van der Waals surface area contributed by atoms with Crippen LogP contribution in [0.25, 0.3) is 0 Å². The van der Waals surface area contributed by atoms with Gasteiger partial charge in [0, 0.05) is 34.5 Å². The zero-order valence-electron chi connectivity index (χ0n) is 19.0. The van der Waals surface area contributed by atoms with Crippen LogP contribution < -0.4 is 10.4 Å². The van der Waals surface area contributed by atoms with Gasteiger partial charge in [0.1, 0.15) is 6.67 Å². The number of benzene rings is 2. The minimum Gasteiger partial charge on any atom is -0.502 e. The first-order valence-electron chi connectivity index (χ1n) is 11.1. The molecule has 1 aromatic heterocycles. The maximum absolute atomic E-state index is 13.4. The predicted octanol–water partition coefficient (Wildman–Crippen LogP) is 5.15. The van der Waals surface area contributed by atoms with Gasteiger partial charge in [0.05, 0.1) is 12.0 Å². The molecule has 2 aromatic carbocycles. The number of rotatable bonds is 3. The number of fused-ring (bicyclic) bond motifs is 3. The molecule has 2 atom stereocenters. The number of carbonyl (C=O) groups is 1. The second-order valence-electron chi connectivity index (χ2n) is 8.85. The van der Waals surface area contributed by atoms with Crippen molar-refractivity contribution < 1.29 is 23.1 Å². The molecule has 5 rings (SSSR count). The second-order valence-corrected chi connectivity index (χ2v) is 10.3. The summed E-state index contributed by atoms with van der Waals surface area (Å²) >= 11 is 7.89. The summed E-state index contributed by atoms with van der Waals surface area (Å²) in [5, 5.41) is 12.8. The highest BCUT2D eigenvalue weighted by Crippen LogP contribution is 2.43. The van der Waals surface area contributed by atoms with Gasteiger partial charge in [-0.1, -0.05) is 42.8 Å². The Morgan fingerprint density at radius 3 is 2.64 bits per heavy atom. The highest BCUT2D eigenvalue weighted by Gasteiger charge is 2.43. The quantitative estimate of drug-likeness (QED) is 0.502. The molecule has 0 radical (unpaired) electrons. The van der Waals surface area contributed by atoms with E-state index in [1.165, 1.54) is 10.9 Å². The Balaban J connectivity index is 1.72. The SMILES string of the molecule is C[C@@H](CN1CN([C@H]2c3ccc(Cl)cc3CSc3ccccc32)n2ccc(=O)c(O)c2C1=O)C(F)(F)F. The van der Waals surface area contributed by atoms with Gasteiger partial charge in [-0.2, -0.15) is 13.2 Å². The zero-order valence-corrected chi connectivity index (χ0v) is 20.6. The van der Waals surface area contributed by atoms with Gasteiger partial charge in [-0.05, 0) is 34.9 Å². The van der Waals surface area contributed by atoms with Gasteiger partial charge in [0.25, 0.3) is 5.91 Å². The molecule has 1 N–H and O–H groups in total. The highest BCUT2D eigenvalue weighted by atomic mass is 35.5. The predicted molar refractivity (Wildman–Crippen MR) is 131 cm³/mol. The summed E-state index contributed by atoms with van der Waals surface area (Å²) in [6.45, 7) is 0.178. The minimum atomic E-state index is -4.52.